The molecule has 1 amide bonds. The normalized spacial score (nSPS) is 15.1. The number of anilines is 1. The number of carbonyl (C=O) groups is 1. The Balaban J connectivity index is 1.89. The van der Waals surface area contributed by atoms with E-state index in [1.165, 1.54) is 0 Å². The average Bonchev–Trinajstić information content (AvgIpc) is 2.87. The first-order valence-corrected chi connectivity index (χ1v) is 9.20. The largest absolute Gasteiger partial charge is 0.308 e. The van der Waals surface area contributed by atoms with Crippen LogP contribution >= 0.6 is 15.9 Å². The van der Waals surface area contributed by atoms with Gasteiger partial charge in [-0.2, -0.15) is 0 Å². The Morgan fingerprint density at radius 3 is 2.81 bits per heavy atom. The molecule has 3 aromatic rings. The van der Waals surface area contributed by atoms with Crippen LogP contribution in [-0.4, -0.2) is 22.4 Å². The van der Waals surface area contributed by atoms with Gasteiger partial charge in [-0.3, -0.25) is 9.59 Å². The Labute approximate surface area is 158 Å². The Morgan fingerprint density at radius 2 is 2.00 bits per heavy atom. The molecular formula is C20H16BrN3O2. The number of H-pyrrole nitrogens is 1. The Kier molecular flexibility index (Phi) is 4.20. The van der Waals surface area contributed by atoms with Gasteiger partial charge < -0.3 is 9.88 Å². The summed E-state index contributed by atoms with van der Waals surface area (Å²) >= 11 is 3.47. The average molecular weight is 410 g/mol. The van der Waals surface area contributed by atoms with Gasteiger partial charge in [0.15, 0.2) is 0 Å². The highest BCUT2D eigenvalue weighted by atomic mass is 79.9. The van der Waals surface area contributed by atoms with Gasteiger partial charge >= 0.3 is 0 Å². The molecule has 0 saturated carbocycles. The molecule has 0 fully saturated rings. The molecule has 2 aromatic carbocycles. The second-order valence-corrected chi connectivity index (χ2v) is 7.06. The van der Waals surface area contributed by atoms with Gasteiger partial charge in [0.25, 0.3) is 11.5 Å². The number of nitrogens with one attached hydrogen (secondary N) is 1. The summed E-state index contributed by atoms with van der Waals surface area (Å²) in [4.78, 5) is 34.3. The monoisotopic (exact) mass is 409 g/mol. The van der Waals surface area contributed by atoms with E-state index in [4.69, 9.17) is 0 Å². The summed E-state index contributed by atoms with van der Waals surface area (Å²) in [6.45, 7) is 2.68. The van der Waals surface area contributed by atoms with Crippen LogP contribution in [0.25, 0.3) is 22.6 Å². The van der Waals surface area contributed by atoms with Crippen molar-refractivity contribution in [1.82, 2.24) is 9.97 Å². The van der Waals surface area contributed by atoms with Crippen LogP contribution in [0.15, 0.2) is 51.7 Å². The summed E-state index contributed by atoms with van der Waals surface area (Å²) in [5.74, 6) is 0.303. The number of hydrogen-bond donors (Lipinski definition) is 1. The maximum atomic E-state index is 12.9. The van der Waals surface area contributed by atoms with Crippen LogP contribution < -0.4 is 10.5 Å². The predicted octanol–water partition coefficient (Wildman–Crippen LogP) is 3.98. The van der Waals surface area contributed by atoms with Gasteiger partial charge in [0.2, 0.25) is 0 Å². The minimum absolute atomic E-state index is 0.0734. The molecule has 130 valence electrons. The molecule has 0 aliphatic carbocycles. The first-order valence-electron chi connectivity index (χ1n) is 8.41. The van der Waals surface area contributed by atoms with E-state index in [-0.39, 0.29) is 11.5 Å². The van der Waals surface area contributed by atoms with Crippen molar-refractivity contribution in [3.8, 4) is 0 Å². The highest BCUT2D eigenvalue weighted by Crippen LogP contribution is 2.39. The number of rotatable bonds is 3. The van der Waals surface area contributed by atoms with Crippen LogP contribution in [0.3, 0.4) is 0 Å². The Bertz CT molecular complexity index is 1120. The van der Waals surface area contributed by atoms with E-state index in [1.807, 2.05) is 31.2 Å². The number of halogens is 1. The molecule has 1 aliphatic heterocycles. The van der Waals surface area contributed by atoms with E-state index in [9.17, 15) is 9.59 Å². The zero-order valence-electron chi connectivity index (χ0n) is 14.1. The lowest BCUT2D eigenvalue weighted by Crippen LogP contribution is -2.27. The van der Waals surface area contributed by atoms with Crippen molar-refractivity contribution >= 4 is 50.1 Å². The fourth-order valence-electron chi connectivity index (χ4n) is 3.22. The number of benzene rings is 2. The van der Waals surface area contributed by atoms with E-state index in [2.05, 4.69) is 25.9 Å². The van der Waals surface area contributed by atoms with Gasteiger partial charge in [-0.15, -0.1) is 0 Å². The van der Waals surface area contributed by atoms with Crippen molar-refractivity contribution in [3.63, 3.8) is 0 Å². The molecule has 5 nitrogen and oxygen atoms in total. The van der Waals surface area contributed by atoms with Gasteiger partial charge in [0, 0.05) is 16.6 Å². The third-order valence-electron chi connectivity index (χ3n) is 4.37. The second kappa shape index (κ2) is 6.53. The van der Waals surface area contributed by atoms with Gasteiger partial charge in [-0.25, -0.2) is 4.98 Å². The van der Waals surface area contributed by atoms with E-state index in [0.717, 1.165) is 22.1 Å². The minimum Gasteiger partial charge on any atom is -0.308 e. The smallest absolute Gasteiger partial charge is 0.259 e. The van der Waals surface area contributed by atoms with Crippen molar-refractivity contribution < 1.29 is 4.79 Å². The molecule has 0 bridgehead atoms. The molecule has 1 N–H and O–H groups in total. The van der Waals surface area contributed by atoms with Crippen LogP contribution in [0.2, 0.25) is 0 Å². The molecule has 26 heavy (non-hydrogen) atoms. The van der Waals surface area contributed by atoms with Gasteiger partial charge in [0.1, 0.15) is 5.82 Å². The maximum absolute atomic E-state index is 12.9. The quantitative estimate of drug-likeness (QED) is 0.665. The summed E-state index contributed by atoms with van der Waals surface area (Å²) in [6.07, 6.45) is 2.52. The zero-order chi connectivity index (χ0) is 18.3. The van der Waals surface area contributed by atoms with Crippen molar-refractivity contribution in [3.05, 3.63) is 68.7 Å². The van der Waals surface area contributed by atoms with E-state index in [0.29, 0.717) is 28.8 Å². The fourth-order valence-corrected chi connectivity index (χ4v) is 3.59. The molecule has 0 radical (unpaired) electrons. The molecule has 6 heteroatoms. The minimum atomic E-state index is -0.215. The standard InChI is InChI=1S/C20H16BrN3O2/c1-2-9-24-17-8-7-12(21)10-14(17)15(20(24)26)11-18-22-16-6-4-3-5-13(16)19(25)23-18/h3-8,10-11H,2,9H2,1H3,(H,22,23,25). The number of carbonyl (C=O) groups excluding carboxylic acids is 1. The topological polar surface area (TPSA) is 66.1 Å². The van der Waals surface area contributed by atoms with Gasteiger partial charge in [-0.05, 0) is 42.8 Å². The number of aromatic nitrogens is 2. The summed E-state index contributed by atoms with van der Waals surface area (Å²) in [7, 11) is 0. The molecule has 1 aromatic heterocycles. The van der Waals surface area contributed by atoms with E-state index < -0.39 is 0 Å². The highest BCUT2D eigenvalue weighted by molar-refractivity contribution is 9.10. The van der Waals surface area contributed by atoms with Crippen molar-refractivity contribution in [2.75, 3.05) is 11.4 Å². The molecule has 2 heterocycles. The third kappa shape index (κ3) is 2.76. The summed E-state index contributed by atoms with van der Waals surface area (Å²) in [6, 6.07) is 12.9. The maximum Gasteiger partial charge on any atom is 0.259 e. The summed E-state index contributed by atoms with van der Waals surface area (Å²) in [5.41, 5.74) is 2.65. The Morgan fingerprint density at radius 1 is 1.19 bits per heavy atom. The lowest BCUT2D eigenvalue weighted by molar-refractivity contribution is -0.113. The number of aromatic amines is 1. The van der Waals surface area contributed by atoms with Gasteiger partial charge in [0.05, 0.1) is 22.2 Å². The number of nitrogens with zero attached hydrogens (tertiary/aromatic N) is 2. The number of amides is 1. The molecule has 0 atom stereocenters. The van der Waals surface area contributed by atoms with Crippen LogP contribution in [0.1, 0.15) is 24.7 Å². The van der Waals surface area contributed by atoms with Crippen molar-refractivity contribution in [1.29, 1.82) is 0 Å². The molecule has 0 saturated heterocycles. The first kappa shape index (κ1) is 16.7. The first-order chi connectivity index (χ1) is 12.6. The predicted molar refractivity (Wildman–Crippen MR) is 107 cm³/mol. The summed E-state index contributed by atoms with van der Waals surface area (Å²) in [5, 5.41) is 0.531. The second-order valence-electron chi connectivity index (χ2n) is 6.14. The fraction of sp³-hybridized carbons (Fsp3) is 0.150. The molecular weight excluding hydrogens is 394 g/mol. The Hall–Kier alpha value is -2.73. The van der Waals surface area contributed by atoms with Crippen LogP contribution in [0.5, 0.6) is 0 Å². The van der Waals surface area contributed by atoms with Crippen LogP contribution in [0, 0.1) is 0 Å². The van der Waals surface area contributed by atoms with Crippen LogP contribution in [-0.2, 0) is 4.79 Å². The molecule has 4 rings (SSSR count). The number of hydrogen-bond acceptors (Lipinski definition) is 3. The van der Waals surface area contributed by atoms with Crippen molar-refractivity contribution in [2.45, 2.75) is 13.3 Å². The molecule has 0 unspecified atom stereocenters. The van der Waals surface area contributed by atoms with Crippen LogP contribution in [0.4, 0.5) is 5.69 Å². The third-order valence-corrected chi connectivity index (χ3v) is 4.87. The van der Waals surface area contributed by atoms with E-state index in [1.54, 1.807) is 29.2 Å². The number of fused-ring (bicyclic) bond motifs is 2. The van der Waals surface area contributed by atoms with Gasteiger partial charge in [-0.1, -0.05) is 35.0 Å². The molecule has 1 aliphatic rings. The number of para-hydroxylation sites is 1. The SMILES string of the molecule is CCCN1C(=O)C(=Cc2nc3ccccc3c(=O)[nH]2)c2cc(Br)ccc21. The zero-order valence-corrected chi connectivity index (χ0v) is 15.7. The molecule has 0 spiro atoms. The summed E-state index contributed by atoms with van der Waals surface area (Å²) < 4.78 is 0.897. The lowest BCUT2D eigenvalue weighted by Gasteiger charge is -2.15. The lowest BCUT2D eigenvalue weighted by atomic mass is 10.1. The highest BCUT2D eigenvalue weighted by Gasteiger charge is 2.32. The van der Waals surface area contributed by atoms with Crippen molar-refractivity contribution in [2.24, 2.45) is 0 Å². The van der Waals surface area contributed by atoms with E-state index >= 15 is 0 Å².